The van der Waals surface area contributed by atoms with E-state index in [1.54, 1.807) is 6.92 Å². The van der Waals surface area contributed by atoms with Crippen molar-refractivity contribution in [3.8, 4) is 0 Å². The number of rotatable bonds is 8. The summed E-state index contributed by atoms with van der Waals surface area (Å²) in [6.07, 6.45) is 2.95. The van der Waals surface area contributed by atoms with Crippen molar-refractivity contribution in [1.29, 1.82) is 0 Å². The van der Waals surface area contributed by atoms with Gasteiger partial charge in [0.05, 0.1) is 12.7 Å². The molecule has 2 N–H and O–H groups in total. The molecular weight excluding hydrogens is 382 g/mol. The Balaban J connectivity index is 1.71. The number of aryl methyl sites for hydroxylation is 1. The highest BCUT2D eigenvalue weighted by Gasteiger charge is 2.24. The quantitative estimate of drug-likeness (QED) is 0.653. The monoisotopic (exact) mass is 411 g/mol. The number of carbonyl (C=O) groups excluding carboxylic acids is 3. The molecule has 30 heavy (non-hydrogen) atoms. The average molecular weight is 412 g/mol. The highest BCUT2D eigenvalue weighted by atomic mass is 16.5. The predicted molar refractivity (Wildman–Crippen MR) is 113 cm³/mol. The number of esters is 1. The van der Waals surface area contributed by atoms with Gasteiger partial charge in [-0.25, -0.2) is 4.79 Å². The minimum Gasteiger partial charge on any atom is -0.465 e. The zero-order chi connectivity index (χ0) is 21.7. The molecule has 7 heteroatoms. The number of benzene rings is 1. The third-order valence-corrected chi connectivity index (χ3v) is 5.40. The fourth-order valence-electron chi connectivity index (χ4n) is 3.95. The molecule has 0 aliphatic carbocycles. The molecule has 1 aromatic carbocycles. The van der Waals surface area contributed by atoms with Gasteiger partial charge in [-0.1, -0.05) is 37.6 Å². The highest BCUT2D eigenvalue weighted by molar-refractivity contribution is 6.00. The Morgan fingerprint density at radius 3 is 2.70 bits per heavy atom. The second-order valence-electron chi connectivity index (χ2n) is 7.64. The van der Waals surface area contributed by atoms with Gasteiger partial charge in [0.15, 0.2) is 0 Å². The number of aromatic nitrogens is 1. The summed E-state index contributed by atoms with van der Waals surface area (Å²) in [5, 5.41) is 2.94. The Labute approximate surface area is 176 Å². The summed E-state index contributed by atoms with van der Waals surface area (Å²) in [5.74, 6) is -0.493. The third-order valence-electron chi connectivity index (χ3n) is 5.40. The summed E-state index contributed by atoms with van der Waals surface area (Å²) in [4.78, 5) is 41.8. The third kappa shape index (κ3) is 4.72. The fraction of sp³-hybridized carbons (Fsp3) is 0.435. The molecule has 1 aromatic heterocycles. The van der Waals surface area contributed by atoms with Crippen molar-refractivity contribution in [3.63, 3.8) is 0 Å². The Hall–Kier alpha value is -3.09. The van der Waals surface area contributed by atoms with Crippen LogP contribution in [0.15, 0.2) is 24.3 Å². The maximum Gasteiger partial charge on any atom is 0.339 e. The molecule has 2 amide bonds. The van der Waals surface area contributed by atoms with E-state index in [1.165, 1.54) is 7.11 Å². The van der Waals surface area contributed by atoms with Gasteiger partial charge in [-0.2, -0.15) is 0 Å². The van der Waals surface area contributed by atoms with Gasteiger partial charge in [-0.15, -0.1) is 0 Å². The van der Waals surface area contributed by atoms with Gasteiger partial charge in [0.2, 0.25) is 5.91 Å². The molecule has 0 saturated carbocycles. The first-order chi connectivity index (χ1) is 14.4. The number of H-pyrrole nitrogens is 1. The molecule has 1 fully saturated rings. The Morgan fingerprint density at radius 1 is 1.27 bits per heavy atom. The first kappa shape index (κ1) is 21.6. The van der Waals surface area contributed by atoms with Gasteiger partial charge >= 0.3 is 5.97 Å². The van der Waals surface area contributed by atoms with Crippen LogP contribution in [0.2, 0.25) is 0 Å². The van der Waals surface area contributed by atoms with Crippen LogP contribution >= 0.6 is 0 Å². The van der Waals surface area contributed by atoms with E-state index < -0.39 is 5.97 Å². The minimum absolute atomic E-state index is 0.195. The number of amides is 2. The summed E-state index contributed by atoms with van der Waals surface area (Å²) in [6.45, 7) is 5.53. The molecule has 1 aliphatic heterocycles. The second-order valence-corrected chi connectivity index (χ2v) is 7.64. The number of likely N-dealkylation sites (tertiary alicyclic amines) is 1. The topological polar surface area (TPSA) is 91.5 Å². The molecule has 0 radical (unpaired) electrons. The summed E-state index contributed by atoms with van der Waals surface area (Å²) in [7, 11) is 1.34. The van der Waals surface area contributed by atoms with E-state index in [2.05, 4.69) is 10.3 Å². The summed E-state index contributed by atoms with van der Waals surface area (Å²) in [6, 6.07) is 7.89. The van der Waals surface area contributed by atoms with Gasteiger partial charge in [0.25, 0.3) is 5.91 Å². The molecule has 0 unspecified atom stereocenters. The van der Waals surface area contributed by atoms with Gasteiger partial charge in [-0.3, -0.25) is 9.59 Å². The first-order valence-electron chi connectivity index (χ1n) is 10.4. The van der Waals surface area contributed by atoms with Crippen molar-refractivity contribution < 1.29 is 19.1 Å². The van der Waals surface area contributed by atoms with Crippen LogP contribution in [0.25, 0.3) is 0 Å². The van der Waals surface area contributed by atoms with Crippen LogP contribution in [0, 0.1) is 6.92 Å². The molecule has 1 aliphatic rings. The van der Waals surface area contributed by atoms with E-state index in [-0.39, 0.29) is 11.8 Å². The lowest BCUT2D eigenvalue weighted by Crippen LogP contribution is -2.25. The molecule has 160 valence electrons. The Kier molecular flexibility index (Phi) is 6.92. The van der Waals surface area contributed by atoms with Gasteiger partial charge in [-0.05, 0) is 36.5 Å². The van der Waals surface area contributed by atoms with Crippen molar-refractivity contribution in [3.05, 3.63) is 57.9 Å². The summed E-state index contributed by atoms with van der Waals surface area (Å²) in [5.41, 5.74) is 4.19. The van der Waals surface area contributed by atoms with Crippen LogP contribution in [0.3, 0.4) is 0 Å². The summed E-state index contributed by atoms with van der Waals surface area (Å²) >= 11 is 0. The van der Waals surface area contributed by atoms with Crippen LogP contribution in [0.1, 0.15) is 69.4 Å². The SMILES string of the molecule is CCCc1c(C(=O)NCc2cccc(CN3CCCC3=O)c2)[nH]c(C)c1C(=O)OC. The number of ether oxygens (including phenoxy) is 1. The number of aromatic amines is 1. The highest BCUT2D eigenvalue weighted by Crippen LogP contribution is 2.22. The van der Waals surface area contributed by atoms with E-state index in [0.29, 0.717) is 48.4 Å². The number of nitrogens with zero attached hydrogens (tertiary/aromatic N) is 1. The van der Waals surface area contributed by atoms with E-state index in [9.17, 15) is 14.4 Å². The van der Waals surface area contributed by atoms with Crippen molar-refractivity contribution in [2.45, 2.75) is 52.6 Å². The first-order valence-corrected chi connectivity index (χ1v) is 10.4. The maximum absolute atomic E-state index is 12.8. The van der Waals surface area contributed by atoms with Crippen LogP contribution in [-0.4, -0.2) is 41.3 Å². The largest absolute Gasteiger partial charge is 0.465 e. The molecular formula is C23H29N3O4. The maximum atomic E-state index is 12.8. The molecule has 0 atom stereocenters. The van der Waals surface area contributed by atoms with E-state index in [1.807, 2.05) is 36.1 Å². The molecule has 3 rings (SSSR count). The molecule has 0 spiro atoms. The normalized spacial score (nSPS) is 13.6. The van der Waals surface area contributed by atoms with Crippen LogP contribution in [-0.2, 0) is 29.0 Å². The number of hydrogen-bond donors (Lipinski definition) is 2. The molecule has 0 bridgehead atoms. The minimum atomic E-state index is -0.435. The Bertz CT molecular complexity index is 948. The second kappa shape index (κ2) is 9.61. The lowest BCUT2D eigenvalue weighted by molar-refractivity contribution is -0.128. The molecule has 2 aromatic rings. The van der Waals surface area contributed by atoms with Crippen LogP contribution < -0.4 is 5.32 Å². The molecule has 2 heterocycles. The van der Waals surface area contributed by atoms with E-state index in [0.717, 1.165) is 30.5 Å². The average Bonchev–Trinajstić information content (AvgIpc) is 3.29. The van der Waals surface area contributed by atoms with Crippen molar-refractivity contribution in [1.82, 2.24) is 15.2 Å². The predicted octanol–water partition coefficient (Wildman–Crippen LogP) is 3.11. The van der Waals surface area contributed by atoms with Gasteiger partial charge in [0, 0.05) is 31.7 Å². The summed E-state index contributed by atoms with van der Waals surface area (Å²) < 4.78 is 4.88. The number of nitrogens with one attached hydrogen (secondary N) is 2. The van der Waals surface area contributed by atoms with Gasteiger partial charge in [0.1, 0.15) is 5.69 Å². The van der Waals surface area contributed by atoms with Gasteiger partial charge < -0.3 is 19.9 Å². The zero-order valence-corrected chi connectivity index (χ0v) is 17.8. The van der Waals surface area contributed by atoms with Crippen molar-refractivity contribution in [2.24, 2.45) is 0 Å². The van der Waals surface area contributed by atoms with E-state index >= 15 is 0 Å². The Morgan fingerprint density at radius 2 is 2.03 bits per heavy atom. The van der Waals surface area contributed by atoms with Crippen LogP contribution in [0.4, 0.5) is 0 Å². The number of methoxy groups -OCH3 is 1. The lowest BCUT2D eigenvalue weighted by Gasteiger charge is -2.16. The standard InChI is InChI=1S/C23H29N3O4/c1-4-7-18-20(23(29)30-3)15(2)25-21(18)22(28)24-13-16-8-5-9-17(12-16)14-26-11-6-10-19(26)27/h5,8-9,12,25H,4,6-7,10-11,13-14H2,1-3H3,(H,24,28). The number of carbonyl (C=O) groups is 3. The lowest BCUT2D eigenvalue weighted by atomic mass is 10.0. The number of hydrogen-bond acceptors (Lipinski definition) is 4. The fourth-order valence-corrected chi connectivity index (χ4v) is 3.95. The van der Waals surface area contributed by atoms with E-state index in [4.69, 9.17) is 4.74 Å². The molecule has 1 saturated heterocycles. The van der Waals surface area contributed by atoms with Crippen LogP contribution in [0.5, 0.6) is 0 Å². The van der Waals surface area contributed by atoms with Crippen molar-refractivity contribution >= 4 is 17.8 Å². The molecule has 7 nitrogen and oxygen atoms in total. The van der Waals surface area contributed by atoms with Crippen molar-refractivity contribution in [2.75, 3.05) is 13.7 Å². The zero-order valence-electron chi connectivity index (χ0n) is 17.8. The smallest absolute Gasteiger partial charge is 0.339 e.